The number of halogens is 1. The monoisotopic (exact) mass is 276 g/mol. The van der Waals surface area contributed by atoms with E-state index in [9.17, 15) is 8.42 Å². The molecule has 0 heterocycles. The SMILES string of the molecule is COc1ccc(C(Cl)C(C)(C)S(C)(=O)=O)cc1. The lowest BCUT2D eigenvalue weighted by Gasteiger charge is -2.28. The van der Waals surface area contributed by atoms with Crippen molar-refractivity contribution in [1.29, 1.82) is 0 Å². The molecule has 0 aliphatic carbocycles. The summed E-state index contributed by atoms with van der Waals surface area (Å²) in [6.07, 6.45) is 1.20. The third kappa shape index (κ3) is 2.93. The lowest BCUT2D eigenvalue weighted by molar-refractivity contribution is 0.414. The topological polar surface area (TPSA) is 43.4 Å². The van der Waals surface area contributed by atoms with Gasteiger partial charge in [0, 0.05) is 6.26 Å². The van der Waals surface area contributed by atoms with Gasteiger partial charge < -0.3 is 4.74 Å². The molecule has 0 aliphatic rings. The van der Waals surface area contributed by atoms with Crippen molar-refractivity contribution in [3.63, 3.8) is 0 Å². The molecule has 0 fully saturated rings. The van der Waals surface area contributed by atoms with Crippen LogP contribution < -0.4 is 4.74 Å². The van der Waals surface area contributed by atoms with Crippen LogP contribution in [0.15, 0.2) is 24.3 Å². The number of ether oxygens (including phenoxy) is 1. The molecule has 5 heteroatoms. The molecule has 0 aromatic heterocycles. The van der Waals surface area contributed by atoms with Crippen molar-refractivity contribution in [2.75, 3.05) is 13.4 Å². The zero-order valence-corrected chi connectivity index (χ0v) is 12.0. The molecule has 1 unspecified atom stereocenters. The molecule has 0 saturated heterocycles. The molecule has 96 valence electrons. The predicted octanol–water partition coefficient (Wildman–Crippen LogP) is 2.80. The maximum atomic E-state index is 11.7. The fraction of sp³-hybridized carbons (Fsp3) is 0.500. The third-order valence-corrected chi connectivity index (χ3v) is 6.05. The second-order valence-electron chi connectivity index (χ2n) is 4.51. The summed E-state index contributed by atoms with van der Waals surface area (Å²) in [6.45, 7) is 3.26. The molecule has 17 heavy (non-hydrogen) atoms. The van der Waals surface area contributed by atoms with E-state index < -0.39 is 20.0 Å². The van der Waals surface area contributed by atoms with Crippen molar-refractivity contribution < 1.29 is 13.2 Å². The van der Waals surface area contributed by atoms with Crippen LogP contribution in [0.4, 0.5) is 0 Å². The molecule has 0 saturated carbocycles. The van der Waals surface area contributed by atoms with E-state index >= 15 is 0 Å². The van der Waals surface area contributed by atoms with Crippen LogP contribution in [0, 0.1) is 0 Å². The maximum Gasteiger partial charge on any atom is 0.154 e. The highest BCUT2D eigenvalue weighted by atomic mass is 35.5. The van der Waals surface area contributed by atoms with E-state index in [0.29, 0.717) is 0 Å². The molecule has 1 rings (SSSR count). The van der Waals surface area contributed by atoms with E-state index in [0.717, 1.165) is 11.3 Å². The number of benzene rings is 1. The second-order valence-corrected chi connectivity index (χ2v) is 7.54. The Morgan fingerprint density at radius 1 is 1.24 bits per heavy atom. The summed E-state index contributed by atoms with van der Waals surface area (Å²) in [5, 5.41) is -0.594. The molecule has 1 aromatic carbocycles. The van der Waals surface area contributed by atoms with Crippen molar-refractivity contribution in [2.45, 2.75) is 24.0 Å². The second kappa shape index (κ2) is 4.86. The van der Waals surface area contributed by atoms with Crippen molar-refractivity contribution >= 4 is 21.4 Å². The smallest absolute Gasteiger partial charge is 0.154 e. The summed E-state index contributed by atoms with van der Waals surface area (Å²) >= 11 is 6.26. The first-order valence-corrected chi connectivity index (χ1v) is 7.50. The Balaban J connectivity index is 3.08. The van der Waals surface area contributed by atoms with Gasteiger partial charge in [-0.15, -0.1) is 11.6 Å². The summed E-state index contributed by atoms with van der Waals surface area (Å²) in [4.78, 5) is 0. The van der Waals surface area contributed by atoms with Crippen LogP contribution in [0.1, 0.15) is 24.8 Å². The fourth-order valence-electron chi connectivity index (χ4n) is 1.36. The molecule has 0 N–H and O–H groups in total. The molecule has 0 amide bonds. The van der Waals surface area contributed by atoms with Crippen molar-refractivity contribution in [3.05, 3.63) is 29.8 Å². The van der Waals surface area contributed by atoms with Gasteiger partial charge in [-0.05, 0) is 31.5 Å². The average Bonchev–Trinajstić information content (AvgIpc) is 2.26. The van der Waals surface area contributed by atoms with Crippen LogP contribution in [0.5, 0.6) is 5.75 Å². The molecule has 0 spiro atoms. The van der Waals surface area contributed by atoms with E-state index in [1.807, 2.05) is 0 Å². The van der Waals surface area contributed by atoms with Gasteiger partial charge in [-0.3, -0.25) is 0 Å². The van der Waals surface area contributed by atoms with Crippen LogP contribution in [-0.4, -0.2) is 26.5 Å². The highest BCUT2D eigenvalue weighted by Gasteiger charge is 2.38. The first-order valence-electron chi connectivity index (χ1n) is 5.18. The Labute approximate surface area is 108 Å². The largest absolute Gasteiger partial charge is 0.497 e. The van der Waals surface area contributed by atoms with Gasteiger partial charge in [-0.1, -0.05) is 12.1 Å². The normalized spacial score (nSPS) is 14.4. The van der Waals surface area contributed by atoms with Gasteiger partial charge in [-0.2, -0.15) is 0 Å². The van der Waals surface area contributed by atoms with Crippen molar-refractivity contribution in [2.24, 2.45) is 0 Å². The van der Waals surface area contributed by atoms with Gasteiger partial charge in [0.2, 0.25) is 0 Å². The first-order chi connectivity index (χ1) is 7.70. The zero-order valence-electron chi connectivity index (χ0n) is 10.4. The Bertz CT molecular complexity index is 477. The van der Waals surface area contributed by atoms with Gasteiger partial charge in [0.25, 0.3) is 0 Å². The molecule has 1 aromatic rings. The van der Waals surface area contributed by atoms with E-state index in [-0.39, 0.29) is 0 Å². The van der Waals surface area contributed by atoms with Crippen LogP contribution >= 0.6 is 11.6 Å². The van der Waals surface area contributed by atoms with E-state index in [1.165, 1.54) is 6.26 Å². The van der Waals surface area contributed by atoms with Crippen LogP contribution in [0.2, 0.25) is 0 Å². The van der Waals surface area contributed by atoms with E-state index in [1.54, 1.807) is 45.2 Å². The first kappa shape index (κ1) is 14.3. The van der Waals surface area contributed by atoms with Gasteiger partial charge >= 0.3 is 0 Å². The van der Waals surface area contributed by atoms with Crippen LogP contribution in [0.3, 0.4) is 0 Å². The fourth-order valence-corrected chi connectivity index (χ4v) is 2.51. The van der Waals surface area contributed by atoms with Gasteiger partial charge in [0.1, 0.15) is 5.75 Å². The minimum Gasteiger partial charge on any atom is -0.497 e. The van der Waals surface area contributed by atoms with E-state index in [2.05, 4.69) is 0 Å². The zero-order chi connectivity index (χ0) is 13.3. The van der Waals surface area contributed by atoms with Crippen LogP contribution in [-0.2, 0) is 9.84 Å². The van der Waals surface area contributed by atoms with E-state index in [4.69, 9.17) is 16.3 Å². The molecule has 0 bridgehead atoms. The minimum absolute atomic E-state index is 0.594. The van der Waals surface area contributed by atoms with Gasteiger partial charge in [0.15, 0.2) is 9.84 Å². The molecule has 1 atom stereocenters. The minimum atomic E-state index is -3.23. The number of hydrogen-bond donors (Lipinski definition) is 0. The molecule has 0 radical (unpaired) electrons. The van der Waals surface area contributed by atoms with Crippen LogP contribution in [0.25, 0.3) is 0 Å². The lowest BCUT2D eigenvalue weighted by Crippen LogP contribution is -2.35. The number of methoxy groups -OCH3 is 1. The quantitative estimate of drug-likeness (QED) is 0.794. The molecule has 3 nitrogen and oxygen atoms in total. The maximum absolute atomic E-state index is 11.7. The van der Waals surface area contributed by atoms with Gasteiger partial charge in [0.05, 0.1) is 17.2 Å². The average molecular weight is 277 g/mol. The lowest BCUT2D eigenvalue weighted by atomic mass is 10.0. The number of alkyl halides is 1. The highest BCUT2D eigenvalue weighted by molar-refractivity contribution is 7.92. The number of hydrogen-bond acceptors (Lipinski definition) is 3. The Kier molecular flexibility index (Phi) is 4.10. The number of sulfone groups is 1. The van der Waals surface area contributed by atoms with Crippen molar-refractivity contribution in [3.8, 4) is 5.75 Å². The predicted molar refractivity (Wildman–Crippen MR) is 70.5 cm³/mol. The van der Waals surface area contributed by atoms with Crippen molar-refractivity contribution in [1.82, 2.24) is 0 Å². The Morgan fingerprint density at radius 2 is 1.71 bits per heavy atom. The molecular formula is C12H17ClO3S. The highest BCUT2D eigenvalue weighted by Crippen LogP contribution is 2.37. The van der Waals surface area contributed by atoms with Gasteiger partial charge in [-0.25, -0.2) is 8.42 Å². The summed E-state index contributed by atoms with van der Waals surface area (Å²) < 4.78 is 27.4. The summed E-state index contributed by atoms with van der Waals surface area (Å²) in [5.41, 5.74) is 0.767. The Morgan fingerprint density at radius 3 is 2.06 bits per heavy atom. The third-order valence-electron chi connectivity index (χ3n) is 2.97. The number of rotatable bonds is 4. The standard InChI is InChI=1S/C12H17ClO3S/c1-12(2,17(4,14)15)11(13)9-5-7-10(16-3)8-6-9/h5-8,11H,1-4H3. The molecule has 0 aliphatic heterocycles. The Hall–Kier alpha value is -0.740. The summed E-state index contributed by atoms with van der Waals surface area (Å²) in [5.74, 6) is 0.717. The molecular weight excluding hydrogens is 260 g/mol. The summed E-state index contributed by atoms with van der Waals surface area (Å²) in [7, 11) is -1.65. The summed E-state index contributed by atoms with van der Waals surface area (Å²) in [6, 6.07) is 7.10.